The lowest BCUT2D eigenvalue weighted by molar-refractivity contribution is 0.0710. The van der Waals surface area contributed by atoms with Gasteiger partial charge in [-0.05, 0) is 18.4 Å². The van der Waals surface area contributed by atoms with Gasteiger partial charge in [0.1, 0.15) is 4.88 Å². The molecular weight excluding hydrogens is 346 g/mol. The molecule has 120 valence electrons. The number of thiophene rings is 1. The fourth-order valence-corrected chi connectivity index (χ4v) is 4.16. The number of halogens is 3. The Morgan fingerprint density at radius 3 is 2.76 bits per heavy atom. The standard InChI is InChI=1S/C11H14F2N2O3S2.ClH/c1-7-6-15(4-3-14-7)10(16)9-8(2-5-19-9)20(17,18)11(12)13;/h2,5,7,11,14H,3-4,6H2,1H3;1H. The van der Waals surface area contributed by atoms with Gasteiger partial charge in [0.05, 0.1) is 4.90 Å². The van der Waals surface area contributed by atoms with E-state index in [1.807, 2.05) is 6.92 Å². The second-order valence-electron chi connectivity index (χ2n) is 4.53. The van der Waals surface area contributed by atoms with Crippen molar-refractivity contribution in [3.63, 3.8) is 0 Å². The maximum atomic E-state index is 12.6. The highest BCUT2D eigenvalue weighted by Gasteiger charge is 2.34. The molecule has 1 amide bonds. The second-order valence-corrected chi connectivity index (χ2v) is 7.33. The van der Waals surface area contributed by atoms with Gasteiger partial charge in [-0.15, -0.1) is 23.7 Å². The van der Waals surface area contributed by atoms with E-state index in [0.717, 1.165) is 17.4 Å². The van der Waals surface area contributed by atoms with Crippen LogP contribution in [0.2, 0.25) is 0 Å². The molecule has 0 aromatic carbocycles. The summed E-state index contributed by atoms with van der Waals surface area (Å²) in [6, 6.07) is 1.15. The van der Waals surface area contributed by atoms with Crippen LogP contribution in [0.25, 0.3) is 0 Å². The van der Waals surface area contributed by atoms with Crippen LogP contribution in [0.5, 0.6) is 0 Å². The molecular formula is C11H15ClF2N2O3S2. The third kappa shape index (κ3) is 3.71. The van der Waals surface area contributed by atoms with Crippen molar-refractivity contribution in [3.05, 3.63) is 16.3 Å². The van der Waals surface area contributed by atoms with Gasteiger partial charge in [0.15, 0.2) is 0 Å². The highest BCUT2D eigenvalue weighted by atomic mass is 35.5. The molecule has 1 aromatic rings. The van der Waals surface area contributed by atoms with Crippen LogP contribution < -0.4 is 5.32 Å². The van der Waals surface area contributed by atoms with Crippen molar-refractivity contribution >= 4 is 39.5 Å². The summed E-state index contributed by atoms with van der Waals surface area (Å²) < 4.78 is 48.3. The van der Waals surface area contributed by atoms with E-state index in [2.05, 4.69) is 5.32 Å². The SMILES string of the molecule is CC1CN(C(=O)c2sccc2S(=O)(=O)C(F)F)CCN1.Cl. The zero-order valence-electron chi connectivity index (χ0n) is 11.1. The first kappa shape index (κ1) is 18.3. The van der Waals surface area contributed by atoms with Crippen molar-refractivity contribution in [1.82, 2.24) is 10.2 Å². The van der Waals surface area contributed by atoms with Crippen LogP contribution in [0.1, 0.15) is 16.6 Å². The van der Waals surface area contributed by atoms with Gasteiger partial charge in [-0.2, -0.15) is 8.78 Å². The smallest absolute Gasteiger partial charge is 0.335 e. The number of rotatable bonds is 3. The Hall–Kier alpha value is -0.770. The predicted molar refractivity (Wildman–Crippen MR) is 78.1 cm³/mol. The Bertz CT molecular complexity index is 606. The summed E-state index contributed by atoms with van der Waals surface area (Å²) in [5.41, 5.74) is 0. The second kappa shape index (κ2) is 6.99. The largest absolute Gasteiger partial charge is 0.341 e. The van der Waals surface area contributed by atoms with Crippen molar-refractivity contribution in [3.8, 4) is 0 Å². The van der Waals surface area contributed by atoms with Gasteiger partial charge in [-0.3, -0.25) is 4.79 Å². The summed E-state index contributed by atoms with van der Waals surface area (Å²) in [4.78, 5) is 13.1. The van der Waals surface area contributed by atoms with Crippen molar-refractivity contribution < 1.29 is 22.0 Å². The van der Waals surface area contributed by atoms with E-state index in [0.29, 0.717) is 19.6 Å². The molecule has 21 heavy (non-hydrogen) atoms. The van der Waals surface area contributed by atoms with Crippen LogP contribution >= 0.6 is 23.7 Å². The van der Waals surface area contributed by atoms with E-state index >= 15 is 0 Å². The van der Waals surface area contributed by atoms with Crippen LogP contribution in [-0.2, 0) is 9.84 Å². The molecule has 5 nitrogen and oxygen atoms in total. The van der Waals surface area contributed by atoms with E-state index < -0.39 is 26.4 Å². The van der Waals surface area contributed by atoms with Gasteiger partial charge in [0, 0.05) is 25.7 Å². The zero-order valence-corrected chi connectivity index (χ0v) is 13.5. The number of piperazine rings is 1. The van der Waals surface area contributed by atoms with Crippen molar-refractivity contribution in [1.29, 1.82) is 0 Å². The highest BCUT2D eigenvalue weighted by Crippen LogP contribution is 2.28. The Morgan fingerprint density at radius 2 is 2.19 bits per heavy atom. The molecule has 0 spiro atoms. The van der Waals surface area contributed by atoms with Crippen LogP contribution in [0.3, 0.4) is 0 Å². The van der Waals surface area contributed by atoms with E-state index in [-0.39, 0.29) is 23.3 Å². The molecule has 10 heteroatoms. The summed E-state index contributed by atoms with van der Waals surface area (Å²) in [6.07, 6.45) is 0. The number of amides is 1. The van der Waals surface area contributed by atoms with Gasteiger partial charge < -0.3 is 10.2 Å². The zero-order chi connectivity index (χ0) is 14.9. The molecule has 1 N–H and O–H groups in total. The molecule has 2 rings (SSSR count). The summed E-state index contributed by atoms with van der Waals surface area (Å²) in [5.74, 6) is -4.03. The maximum absolute atomic E-state index is 12.6. The fraction of sp³-hybridized carbons (Fsp3) is 0.545. The fourth-order valence-electron chi connectivity index (χ4n) is 2.03. The van der Waals surface area contributed by atoms with Crippen molar-refractivity contribution in [2.45, 2.75) is 23.6 Å². The number of carbonyl (C=O) groups is 1. The van der Waals surface area contributed by atoms with E-state index in [1.165, 1.54) is 10.3 Å². The van der Waals surface area contributed by atoms with Gasteiger partial charge >= 0.3 is 5.76 Å². The number of carbonyl (C=O) groups excluding carboxylic acids is 1. The van der Waals surface area contributed by atoms with Gasteiger partial charge in [0.25, 0.3) is 5.91 Å². The van der Waals surface area contributed by atoms with Crippen molar-refractivity contribution in [2.75, 3.05) is 19.6 Å². The first-order valence-corrected chi connectivity index (χ1v) is 8.39. The third-order valence-corrected chi connectivity index (χ3v) is 5.47. The van der Waals surface area contributed by atoms with Gasteiger partial charge in [-0.1, -0.05) is 0 Å². The molecule has 2 heterocycles. The number of nitrogens with zero attached hydrogens (tertiary/aromatic N) is 1. The topological polar surface area (TPSA) is 66.5 Å². The minimum Gasteiger partial charge on any atom is -0.335 e. The Labute approximate surface area is 131 Å². The molecule has 1 atom stereocenters. The third-order valence-electron chi connectivity index (χ3n) is 3.02. The molecule has 1 aliphatic rings. The number of hydrogen-bond donors (Lipinski definition) is 1. The molecule has 1 aromatic heterocycles. The summed E-state index contributed by atoms with van der Waals surface area (Å²) >= 11 is 0.873. The predicted octanol–water partition coefficient (Wildman–Crippen LogP) is 1.60. The summed E-state index contributed by atoms with van der Waals surface area (Å²) in [5, 5.41) is 4.49. The van der Waals surface area contributed by atoms with Gasteiger partial charge in [0.2, 0.25) is 9.84 Å². The molecule has 1 unspecified atom stereocenters. The number of alkyl halides is 2. The van der Waals surface area contributed by atoms with Gasteiger partial charge in [-0.25, -0.2) is 8.42 Å². The minimum atomic E-state index is -4.75. The van der Waals surface area contributed by atoms with Crippen LogP contribution in [0.4, 0.5) is 8.78 Å². The summed E-state index contributed by atoms with van der Waals surface area (Å²) in [7, 11) is -4.75. The lowest BCUT2D eigenvalue weighted by Gasteiger charge is -2.31. The first-order valence-electron chi connectivity index (χ1n) is 5.96. The van der Waals surface area contributed by atoms with E-state index in [1.54, 1.807) is 0 Å². The Morgan fingerprint density at radius 1 is 1.52 bits per heavy atom. The molecule has 1 saturated heterocycles. The molecule has 0 saturated carbocycles. The highest BCUT2D eigenvalue weighted by molar-refractivity contribution is 7.92. The van der Waals surface area contributed by atoms with Crippen LogP contribution in [0, 0.1) is 0 Å². The average molecular weight is 361 g/mol. The Kier molecular flexibility index (Phi) is 6.09. The monoisotopic (exact) mass is 360 g/mol. The first-order chi connectivity index (χ1) is 9.34. The maximum Gasteiger partial charge on any atom is 0.341 e. The molecule has 0 aliphatic carbocycles. The van der Waals surface area contributed by atoms with E-state index in [4.69, 9.17) is 0 Å². The number of hydrogen-bond acceptors (Lipinski definition) is 5. The molecule has 1 aliphatic heterocycles. The lowest BCUT2D eigenvalue weighted by atomic mass is 10.2. The molecule has 0 radical (unpaired) electrons. The van der Waals surface area contributed by atoms with Crippen LogP contribution in [-0.4, -0.2) is 50.7 Å². The quantitative estimate of drug-likeness (QED) is 0.889. The average Bonchev–Trinajstić information content (AvgIpc) is 2.87. The lowest BCUT2D eigenvalue weighted by Crippen LogP contribution is -2.51. The number of sulfone groups is 1. The minimum absolute atomic E-state index is 0. The molecule has 1 fully saturated rings. The Balaban J connectivity index is 0.00000220. The van der Waals surface area contributed by atoms with Crippen LogP contribution in [0.15, 0.2) is 16.3 Å². The normalized spacial score (nSPS) is 19.4. The number of nitrogens with one attached hydrogen (secondary N) is 1. The molecule has 0 bridgehead atoms. The van der Waals surface area contributed by atoms with Crippen molar-refractivity contribution in [2.24, 2.45) is 0 Å². The summed E-state index contributed by atoms with van der Waals surface area (Å²) in [6.45, 7) is 3.33. The van der Waals surface area contributed by atoms with E-state index in [9.17, 15) is 22.0 Å².